The molecule has 2 heterocycles. The van der Waals surface area contributed by atoms with Gasteiger partial charge in [-0.05, 0) is 23.6 Å². The third-order valence-electron chi connectivity index (χ3n) is 4.17. The molecule has 2 aromatic heterocycles. The fourth-order valence-corrected chi connectivity index (χ4v) is 2.67. The molecule has 0 aromatic carbocycles. The number of rotatable bonds is 7. The van der Waals surface area contributed by atoms with Crippen molar-refractivity contribution >= 4 is 6.03 Å². The Bertz CT molecular complexity index is 683. The molecule has 0 saturated carbocycles. The van der Waals surface area contributed by atoms with Crippen LogP contribution >= 0.6 is 0 Å². The second-order valence-electron chi connectivity index (χ2n) is 7.21. The SMILES string of the molecule is CC(C)[C@@H](O)C(C)(C)CNC(=O)NCc1ccnc(-n2ccnc2)c1. The van der Waals surface area contributed by atoms with Crippen LogP contribution in [0, 0.1) is 11.3 Å². The Kier molecular flexibility index (Phi) is 6.14. The first-order chi connectivity index (χ1) is 11.8. The molecule has 2 amide bonds. The Balaban J connectivity index is 1.85. The van der Waals surface area contributed by atoms with Gasteiger partial charge >= 0.3 is 6.03 Å². The first-order valence-electron chi connectivity index (χ1n) is 8.42. The van der Waals surface area contributed by atoms with Crippen LogP contribution in [0.3, 0.4) is 0 Å². The Labute approximate surface area is 148 Å². The molecule has 2 rings (SSSR count). The zero-order valence-electron chi connectivity index (χ0n) is 15.2. The number of carbonyl (C=O) groups is 1. The van der Waals surface area contributed by atoms with Crippen LogP contribution < -0.4 is 10.6 Å². The number of amides is 2. The molecule has 0 saturated heterocycles. The number of aliphatic hydroxyl groups excluding tert-OH is 1. The van der Waals surface area contributed by atoms with Gasteiger partial charge in [-0.2, -0.15) is 0 Å². The van der Waals surface area contributed by atoms with Crippen molar-refractivity contribution in [2.24, 2.45) is 11.3 Å². The van der Waals surface area contributed by atoms with E-state index in [0.717, 1.165) is 11.4 Å². The zero-order valence-corrected chi connectivity index (χ0v) is 15.2. The molecule has 0 aliphatic carbocycles. The van der Waals surface area contributed by atoms with E-state index in [1.807, 2.05) is 46.0 Å². The number of carbonyl (C=O) groups excluding carboxylic acids is 1. The van der Waals surface area contributed by atoms with E-state index in [2.05, 4.69) is 20.6 Å². The minimum Gasteiger partial charge on any atom is -0.392 e. The van der Waals surface area contributed by atoms with Crippen LogP contribution in [0.4, 0.5) is 4.79 Å². The summed E-state index contributed by atoms with van der Waals surface area (Å²) in [6.45, 7) is 8.61. The summed E-state index contributed by atoms with van der Waals surface area (Å²) in [6, 6.07) is 3.49. The number of nitrogens with one attached hydrogen (secondary N) is 2. The van der Waals surface area contributed by atoms with E-state index in [9.17, 15) is 9.90 Å². The second-order valence-corrected chi connectivity index (χ2v) is 7.21. The fraction of sp³-hybridized carbons (Fsp3) is 0.500. The van der Waals surface area contributed by atoms with Crippen molar-refractivity contribution in [3.8, 4) is 5.82 Å². The number of pyridine rings is 1. The fourth-order valence-electron chi connectivity index (χ4n) is 2.67. The average molecular weight is 345 g/mol. The molecule has 0 aliphatic heterocycles. The number of imidazole rings is 1. The quantitative estimate of drug-likeness (QED) is 0.717. The van der Waals surface area contributed by atoms with Gasteiger partial charge in [0.1, 0.15) is 12.1 Å². The summed E-state index contributed by atoms with van der Waals surface area (Å²) in [7, 11) is 0. The molecule has 25 heavy (non-hydrogen) atoms. The Morgan fingerprint density at radius 3 is 2.72 bits per heavy atom. The van der Waals surface area contributed by atoms with Gasteiger partial charge in [0.25, 0.3) is 0 Å². The highest BCUT2D eigenvalue weighted by atomic mass is 16.3. The van der Waals surface area contributed by atoms with Gasteiger partial charge in [-0.3, -0.25) is 4.57 Å². The lowest BCUT2D eigenvalue weighted by molar-refractivity contribution is 0.0151. The van der Waals surface area contributed by atoms with Crippen LogP contribution in [-0.2, 0) is 6.54 Å². The van der Waals surface area contributed by atoms with E-state index in [1.165, 1.54) is 0 Å². The van der Waals surface area contributed by atoms with Crippen LogP contribution in [-0.4, -0.2) is 38.3 Å². The maximum Gasteiger partial charge on any atom is 0.315 e. The maximum atomic E-state index is 12.0. The van der Waals surface area contributed by atoms with E-state index in [0.29, 0.717) is 13.1 Å². The molecule has 7 nitrogen and oxygen atoms in total. The first-order valence-corrected chi connectivity index (χ1v) is 8.42. The summed E-state index contributed by atoms with van der Waals surface area (Å²) < 4.78 is 1.80. The predicted molar refractivity (Wildman–Crippen MR) is 96.2 cm³/mol. The van der Waals surface area contributed by atoms with Gasteiger partial charge in [-0.15, -0.1) is 0 Å². The predicted octanol–water partition coefficient (Wildman–Crippen LogP) is 2.11. The van der Waals surface area contributed by atoms with E-state index >= 15 is 0 Å². The number of aliphatic hydroxyl groups is 1. The Morgan fingerprint density at radius 2 is 2.08 bits per heavy atom. The molecule has 0 fully saturated rings. The highest BCUT2D eigenvalue weighted by molar-refractivity contribution is 5.73. The molecule has 2 aromatic rings. The van der Waals surface area contributed by atoms with Gasteiger partial charge in [0.15, 0.2) is 0 Å². The van der Waals surface area contributed by atoms with Crippen LogP contribution in [0.5, 0.6) is 0 Å². The van der Waals surface area contributed by atoms with Crippen molar-refractivity contribution in [2.45, 2.75) is 40.3 Å². The highest BCUT2D eigenvalue weighted by Gasteiger charge is 2.30. The average Bonchev–Trinajstić information content (AvgIpc) is 3.12. The summed E-state index contributed by atoms with van der Waals surface area (Å²) >= 11 is 0. The van der Waals surface area contributed by atoms with Gasteiger partial charge < -0.3 is 15.7 Å². The van der Waals surface area contributed by atoms with Crippen LogP contribution in [0.2, 0.25) is 0 Å². The first kappa shape index (κ1) is 18.9. The molecule has 7 heteroatoms. The summed E-state index contributed by atoms with van der Waals surface area (Å²) in [5.74, 6) is 0.886. The number of urea groups is 1. The standard InChI is InChI=1S/C18H27N5O2/c1-13(2)16(24)18(3,4)11-22-17(25)21-10-14-5-6-20-15(9-14)23-8-7-19-12-23/h5-9,12-13,16,24H,10-11H2,1-4H3,(H2,21,22,25)/t16-/m1/s1. The van der Waals surface area contributed by atoms with E-state index in [-0.39, 0.29) is 11.9 Å². The summed E-state index contributed by atoms with van der Waals surface area (Å²) in [6.07, 6.45) is 6.40. The molecule has 0 radical (unpaired) electrons. The lowest BCUT2D eigenvalue weighted by atomic mass is 9.81. The zero-order chi connectivity index (χ0) is 18.4. The third-order valence-corrected chi connectivity index (χ3v) is 4.17. The van der Waals surface area contributed by atoms with Crippen LogP contribution in [0.15, 0.2) is 37.1 Å². The monoisotopic (exact) mass is 345 g/mol. The normalized spacial score (nSPS) is 12.9. The Hall–Kier alpha value is -2.41. The molecule has 1 atom stereocenters. The molecule has 136 valence electrons. The lowest BCUT2D eigenvalue weighted by Gasteiger charge is -2.33. The molecule has 0 aliphatic rings. The van der Waals surface area contributed by atoms with Gasteiger partial charge in [-0.25, -0.2) is 14.8 Å². The lowest BCUT2D eigenvalue weighted by Crippen LogP contribution is -2.46. The number of nitrogens with zero attached hydrogens (tertiary/aromatic N) is 3. The van der Waals surface area contributed by atoms with Gasteiger partial charge in [0.05, 0.1) is 6.10 Å². The summed E-state index contributed by atoms with van der Waals surface area (Å²) in [5.41, 5.74) is 0.548. The van der Waals surface area contributed by atoms with E-state index in [1.54, 1.807) is 23.3 Å². The molecule has 0 spiro atoms. The third kappa shape index (κ3) is 5.29. The summed E-state index contributed by atoms with van der Waals surface area (Å²) in [5, 5.41) is 15.9. The molecule has 3 N–H and O–H groups in total. The second kappa shape index (κ2) is 8.11. The van der Waals surface area contributed by atoms with Crippen LogP contribution in [0.1, 0.15) is 33.3 Å². The van der Waals surface area contributed by atoms with Crippen molar-refractivity contribution in [3.63, 3.8) is 0 Å². The van der Waals surface area contributed by atoms with Gasteiger partial charge in [0, 0.05) is 37.1 Å². The topological polar surface area (TPSA) is 92.1 Å². The van der Waals surface area contributed by atoms with Gasteiger partial charge in [-0.1, -0.05) is 27.7 Å². The van der Waals surface area contributed by atoms with Crippen molar-refractivity contribution in [3.05, 3.63) is 42.6 Å². The maximum absolute atomic E-state index is 12.0. The molecular formula is C18H27N5O2. The Morgan fingerprint density at radius 1 is 1.32 bits per heavy atom. The summed E-state index contributed by atoms with van der Waals surface area (Å²) in [4.78, 5) is 20.3. The highest BCUT2D eigenvalue weighted by Crippen LogP contribution is 2.24. The minimum absolute atomic E-state index is 0.137. The molecular weight excluding hydrogens is 318 g/mol. The number of aromatic nitrogens is 3. The van der Waals surface area contributed by atoms with Crippen molar-refractivity contribution < 1.29 is 9.90 Å². The van der Waals surface area contributed by atoms with E-state index < -0.39 is 11.5 Å². The van der Waals surface area contributed by atoms with Crippen molar-refractivity contribution in [2.75, 3.05) is 6.54 Å². The number of hydrogen-bond acceptors (Lipinski definition) is 4. The van der Waals surface area contributed by atoms with Crippen molar-refractivity contribution in [1.82, 2.24) is 25.2 Å². The molecule has 0 bridgehead atoms. The van der Waals surface area contributed by atoms with Crippen molar-refractivity contribution in [1.29, 1.82) is 0 Å². The smallest absolute Gasteiger partial charge is 0.315 e. The van der Waals surface area contributed by atoms with Crippen LogP contribution in [0.25, 0.3) is 5.82 Å². The minimum atomic E-state index is -0.481. The van der Waals surface area contributed by atoms with Gasteiger partial charge in [0.2, 0.25) is 0 Å². The largest absolute Gasteiger partial charge is 0.392 e. The number of hydrogen-bond donors (Lipinski definition) is 3. The van der Waals surface area contributed by atoms with E-state index in [4.69, 9.17) is 0 Å². The molecule has 0 unspecified atom stereocenters.